The maximum absolute atomic E-state index is 13.2. The Hall–Kier alpha value is -2.21. The van der Waals surface area contributed by atoms with Gasteiger partial charge >= 0.3 is 5.97 Å². The molecule has 0 spiro atoms. The van der Waals surface area contributed by atoms with E-state index in [0.29, 0.717) is 10.4 Å². The van der Waals surface area contributed by atoms with Crippen LogP contribution in [0.2, 0.25) is 0 Å². The van der Waals surface area contributed by atoms with Gasteiger partial charge in [0.05, 0.1) is 0 Å². The van der Waals surface area contributed by atoms with Crippen molar-refractivity contribution in [3.05, 3.63) is 57.0 Å². The quantitative estimate of drug-likeness (QED) is 0.793. The normalized spacial score (nSPS) is 14.8. The summed E-state index contributed by atoms with van der Waals surface area (Å²) in [6, 6.07) is 7.38. The number of amides is 1. The lowest BCUT2D eigenvalue weighted by Crippen LogP contribution is -2.33. The minimum atomic E-state index is -1.08. The van der Waals surface area contributed by atoms with Crippen LogP contribution in [0.4, 0.5) is 4.39 Å². The van der Waals surface area contributed by atoms with Crippen molar-refractivity contribution in [2.24, 2.45) is 0 Å². The van der Waals surface area contributed by atoms with E-state index >= 15 is 0 Å². The molecule has 1 unspecified atom stereocenters. The minimum absolute atomic E-state index is 0.143. The number of hydrogen-bond acceptors (Lipinski definition) is 4. The van der Waals surface area contributed by atoms with E-state index in [2.05, 4.69) is 5.32 Å². The van der Waals surface area contributed by atoms with Gasteiger partial charge < -0.3 is 10.1 Å². The molecule has 132 valence electrons. The van der Waals surface area contributed by atoms with Crippen molar-refractivity contribution in [1.29, 1.82) is 0 Å². The second-order valence-electron chi connectivity index (χ2n) is 6.19. The molecule has 0 saturated heterocycles. The van der Waals surface area contributed by atoms with Gasteiger partial charge in [0.15, 0.2) is 0 Å². The van der Waals surface area contributed by atoms with Crippen molar-refractivity contribution >= 4 is 23.2 Å². The monoisotopic (exact) mass is 361 g/mol. The Morgan fingerprint density at radius 1 is 1.32 bits per heavy atom. The van der Waals surface area contributed by atoms with Crippen LogP contribution < -0.4 is 5.32 Å². The van der Waals surface area contributed by atoms with Gasteiger partial charge in [0, 0.05) is 16.5 Å². The molecule has 0 aliphatic heterocycles. The zero-order valence-corrected chi connectivity index (χ0v) is 15.0. The van der Waals surface area contributed by atoms with Crippen molar-refractivity contribution in [2.75, 3.05) is 0 Å². The zero-order valence-electron chi connectivity index (χ0n) is 14.2. The molecule has 1 aromatic carbocycles. The number of halogens is 1. The Labute approximate surface area is 150 Å². The number of ether oxygens (including phenoxy) is 1. The molecule has 1 aliphatic rings. The standard InChI is InChI=1S/C19H20FNO3S/c1-3-15-11(2)10-16(25-15)19(23)24-17(18(22)21-14-8-9-14)12-4-6-13(20)7-5-12/h4-7,10,14,17H,3,8-9H2,1-2H3,(H,21,22). The van der Waals surface area contributed by atoms with Gasteiger partial charge in [-0.2, -0.15) is 0 Å². The number of benzene rings is 1. The van der Waals surface area contributed by atoms with Gasteiger partial charge in [0.25, 0.3) is 5.91 Å². The maximum Gasteiger partial charge on any atom is 0.349 e. The maximum atomic E-state index is 13.2. The first kappa shape index (κ1) is 17.6. The number of carbonyl (C=O) groups is 2. The van der Waals surface area contributed by atoms with E-state index in [-0.39, 0.29) is 11.9 Å². The molecule has 0 bridgehead atoms. The second-order valence-corrected chi connectivity index (χ2v) is 7.33. The number of aryl methyl sites for hydroxylation is 2. The number of nitrogens with one attached hydrogen (secondary N) is 1. The van der Waals surface area contributed by atoms with Crippen LogP contribution in [0.15, 0.2) is 30.3 Å². The lowest BCUT2D eigenvalue weighted by atomic mass is 10.1. The first-order valence-electron chi connectivity index (χ1n) is 8.34. The Morgan fingerprint density at radius 2 is 2.00 bits per heavy atom. The lowest BCUT2D eigenvalue weighted by molar-refractivity contribution is -0.130. The average Bonchev–Trinajstić information content (AvgIpc) is 3.32. The van der Waals surface area contributed by atoms with Crippen molar-refractivity contribution in [1.82, 2.24) is 5.32 Å². The van der Waals surface area contributed by atoms with Gasteiger partial charge in [-0.3, -0.25) is 4.79 Å². The highest BCUT2D eigenvalue weighted by atomic mass is 32.1. The van der Waals surface area contributed by atoms with Gasteiger partial charge in [-0.1, -0.05) is 19.1 Å². The molecule has 1 amide bonds. The number of carbonyl (C=O) groups excluding carboxylic acids is 2. The molecule has 1 N–H and O–H groups in total. The van der Waals surface area contributed by atoms with Gasteiger partial charge in [0.2, 0.25) is 6.10 Å². The molecule has 1 saturated carbocycles. The van der Waals surface area contributed by atoms with Gasteiger partial charge in [0.1, 0.15) is 10.7 Å². The molecule has 6 heteroatoms. The Kier molecular flexibility index (Phi) is 5.18. The summed E-state index contributed by atoms with van der Waals surface area (Å²) in [5.74, 6) is -1.31. The van der Waals surface area contributed by atoms with Crippen LogP contribution in [0.3, 0.4) is 0 Å². The largest absolute Gasteiger partial charge is 0.443 e. The summed E-state index contributed by atoms with van der Waals surface area (Å²) in [5.41, 5.74) is 1.50. The molecular weight excluding hydrogens is 341 g/mol. The van der Waals surface area contributed by atoms with E-state index in [9.17, 15) is 14.0 Å². The third-order valence-electron chi connectivity index (χ3n) is 4.10. The van der Waals surface area contributed by atoms with Crippen LogP contribution in [0.25, 0.3) is 0 Å². The minimum Gasteiger partial charge on any atom is -0.443 e. The van der Waals surface area contributed by atoms with E-state index in [1.54, 1.807) is 6.07 Å². The van der Waals surface area contributed by atoms with E-state index in [1.165, 1.54) is 35.6 Å². The lowest BCUT2D eigenvalue weighted by Gasteiger charge is -2.17. The van der Waals surface area contributed by atoms with Crippen molar-refractivity contribution < 1.29 is 18.7 Å². The summed E-state index contributed by atoms with van der Waals surface area (Å²) >= 11 is 1.38. The number of hydrogen-bond donors (Lipinski definition) is 1. The van der Waals surface area contributed by atoms with E-state index in [1.807, 2.05) is 13.8 Å². The third kappa shape index (κ3) is 4.25. The van der Waals surface area contributed by atoms with E-state index in [4.69, 9.17) is 4.74 Å². The van der Waals surface area contributed by atoms with E-state index in [0.717, 1.165) is 29.7 Å². The predicted molar refractivity (Wildman–Crippen MR) is 94.2 cm³/mol. The molecular formula is C19H20FNO3S. The van der Waals surface area contributed by atoms with Gasteiger partial charge in [-0.25, -0.2) is 9.18 Å². The van der Waals surface area contributed by atoms with Crippen LogP contribution in [0, 0.1) is 12.7 Å². The van der Waals surface area contributed by atoms with Gasteiger partial charge in [-0.05, 0) is 49.9 Å². The highest BCUT2D eigenvalue weighted by Crippen LogP contribution is 2.27. The zero-order chi connectivity index (χ0) is 18.0. The van der Waals surface area contributed by atoms with E-state index < -0.39 is 17.9 Å². The fourth-order valence-corrected chi connectivity index (χ4v) is 3.55. The van der Waals surface area contributed by atoms with Crippen LogP contribution in [0.1, 0.15) is 51.5 Å². The molecule has 1 aliphatic carbocycles. The smallest absolute Gasteiger partial charge is 0.349 e. The Morgan fingerprint density at radius 3 is 2.56 bits per heavy atom. The number of rotatable bonds is 6. The van der Waals surface area contributed by atoms with Crippen LogP contribution in [0.5, 0.6) is 0 Å². The summed E-state index contributed by atoms with van der Waals surface area (Å²) in [6.07, 6.45) is 1.62. The third-order valence-corrected chi connectivity index (χ3v) is 5.46. The number of esters is 1. The summed E-state index contributed by atoms with van der Waals surface area (Å²) in [7, 11) is 0. The highest BCUT2D eigenvalue weighted by Gasteiger charge is 2.31. The van der Waals surface area contributed by atoms with Crippen molar-refractivity contribution in [3.8, 4) is 0 Å². The fraction of sp³-hybridized carbons (Fsp3) is 0.368. The van der Waals surface area contributed by atoms with Crippen LogP contribution >= 0.6 is 11.3 Å². The Bertz CT molecular complexity index is 780. The fourth-order valence-electron chi connectivity index (χ4n) is 2.55. The van der Waals surface area contributed by atoms with Crippen LogP contribution in [-0.4, -0.2) is 17.9 Å². The average molecular weight is 361 g/mol. The summed E-state index contributed by atoms with van der Waals surface area (Å²) in [6.45, 7) is 3.97. The van der Waals surface area contributed by atoms with Gasteiger partial charge in [-0.15, -0.1) is 11.3 Å². The molecule has 25 heavy (non-hydrogen) atoms. The first-order chi connectivity index (χ1) is 12.0. The molecule has 1 aromatic heterocycles. The SMILES string of the molecule is CCc1sc(C(=O)OC(C(=O)NC2CC2)c2ccc(F)cc2)cc1C. The Balaban J connectivity index is 1.81. The second kappa shape index (κ2) is 7.35. The summed E-state index contributed by atoms with van der Waals surface area (Å²) in [5, 5.41) is 2.85. The molecule has 4 nitrogen and oxygen atoms in total. The predicted octanol–water partition coefficient (Wildman–Crippen LogP) is 3.93. The highest BCUT2D eigenvalue weighted by molar-refractivity contribution is 7.14. The summed E-state index contributed by atoms with van der Waals surface area (Å²) in [4.78, 5) is 26.6. The summed E-state index contributed by atoms with van der Waals surface area (Å²) < 4.78 is 18.7. The van der Waals surface area contributed by atoms with Crippen molar-refractivity contribution in [3.63, 3.8) is 0 Å². The van der Waals surface area contributed by atoms with Crippen molar-refractivity contribution in [2.45, 2.75) is 45.3 Å². The molecule has 1 atom stereocenters. The number of thiophene rings is 1. The first-order valence-corrected chi connectivity index (χ1v) is 9.15. The molecule has 1 heterocycles. The van der Waals surface area contributed by atoms with Crippen LogP contribution in [-0.2, 0) is 16.0 Å². The molecule has 2 aromatic rings. The topological polar surface area (TPSA) is 55.4 Å². The molecule has 3 rings (SSSR count). The molecule has 1 fully saturated rings. The molecule has 0 radical (unpaired) electrons.